The van der Waals surface area contributed by atoms with Gasteiger partial charge in [0.15, 0.2) is 0 Å². The second-order valence-electron chi connectivity index (χ2n) is 1.73. The van der Waals surface area contributed by atoms with Gasteiger partial charge < -0.3 is 15.6 Å². The lowest BCUT2D eigenvalue weighted by molar-refractivity contribution is -0.154. The number of aliphatic hydroxyl groups excluding tert-OH is 1. The minimum absolute atomic E-state index is 0.221. The van der Waals surface area contributed by atoms with Gasteiger partial charge in [-0.1, -0.05) is 0 Å². The molecule has 1 aliphatic heterocycles. The van der Waals surface area contributed by atoms with Crippen LogP contribution in [0.4, 0.5) is 0 Å². The zero-order chi connectivity index (χ0) is 6.15. The summed E-state index contributed by atoms with van der Waals surface area (Å²) in [4.78, 5) is 10.3. The highest BCUT2D eigenvalue weighted by atomic mass is 16.6. The number of carbonyl (C=O) groups is 1. The minimum atomic E-state index is -0.975. The van der Waals surface area contributed by atoms with Crippen LogP contribution < -0.4 is 5.73 Å². The van der Waals surface area contributed by atoms with Gasteiger partial charge in [0, 0.05) is 6.42 Å². The third-order valence-electron chi connectivity index (χ3n) is 1.01. The third kappa shape index (κ3) is 0.801. The van der Waals surface area contributed by atoms with E-state index in [0.717, 1.165) is 0 Å². The van der Waals surface area contributed by atoms with E-state index < -0.39 is 18.3 Å². The molecular formula is C4H7NO3. The first-order valence-corrected chi connectivity index (χ1v) is 2.34. The van der Waals surface area contributed by atoms with Crippen LogP contribution in [0.5, 0.6) is 0 Å². The molecule has 0 aromatic rings. The van der Waals surface area contributed by atoms with Crippen molar-refractivity contribution in [2.75, 3.05) is 0 Å². The molecule has 0 saturated carbocycles. The Kier molecular flexibility index (Phi) is 1.19. The number of ether oxygens (including phenoxy) is 1. The normalized spacial score (nSPS) is 37.5. The zero-order valence-corrected chi connectivity index (χ0v) is 4.20. The Morgan fingerprint density at radius 3 is 2.62 bits per heavy atom. The van der Waals surface area contributed by atoms with Crippen molar-refractivity contribution in [1.29, 1.82) is 0 Å². The molecule has 1 rings (SSSR count). The van der Waals surface area contributed by atoms with Crippen molar-refractivity contribution in [3.05, 3.63) is 0 Å². The number of aliphatic hydroxyl groups is 1. The number of nitrogens with two attached hydrogens (primary N) is 1. The van der Waals surface area contributed by atoms with Gasteiger partial charge >= 0.3 is 5.97 Å². The molecule has 4 heteroatoms. The van der Waals surface area contributed by atoms with Crippen molar-refractivity contribution in [3.63, 3.8) is 0 Å². The van der Waals surface area contributed by atoms with Gasteiger partial charge in [0.25, 0.3) is 0 Å². The highest BCUT2D eigenvalue weighted by Crippen LogP contribution is 2.08. The quantitative estimate of drug-likeness (QED) is 0.382. The Hall–Kier alpha value is -0.610. The van der Waals surface area contributed by atoms with Crippen LogP contribution in [0.15, 0.2) is 0 Å². The second-order valence-corrected chi connectivity index (χ2v) is 1.73. The van der Waals surface area contributed by atoms with E-state index in [-0.39, 0.29) is 6.42 Å². The fraction of sp³-hybridized carbons (Fsp3) is 0.750. The van der Waals surface area contributed by atoms with Crippen LogP contribution in [0.2, 0.25) is 0 Å². The number of esters is 1. The van der Waals surface area contributed by atoms with Gasteiger partial charge in [-0.3, -0.25) is 4.79 Å². The Morgan fingerprint density at radius 2 is 2.50 bits per heavy atom. The van der Waals surface area contributed by atoms with E-state index in [0.29, 0.717) is 0 Å². The third-order valence-corrected chi connectivity index (χ3v) is 1.01. The second kappa shape index (κ2) is 1.72. The molecule has 1 heterocycles. The molecule has 0 amide bonds. The highest BCUT2D eigenvalue weighted by Gasteiger charge is 2.29. The van der Waals surface area contributed by atoms with Gasteiger partial charge in [0.1, 0.15) is 6.04 Å². The van der Waals surface area contributed by atoms with Crippen molar-refractivity contribution in [2.45, 2.75) is 18.8 Å². The topological polar surface area (TPSA) is 72.6 Å². The summed E-state index contributed by atoms with van der Waals surface area (Å²) in [6.45, 7) is 0. The number of hydrogen-bond acceptors (Lipinski definition) is 4. The lowest BCUT2D eigenvalue weighted by Crippen LogP contribution is -2.24. The van der Waals surface area contributed by atoms with Gasteiger partial charge in [0.05, 0.1) is 0 Å². The first-order chi connectivity index (χ1) is 3.70. The lowest BCUT2D eigenvalue weighted by Gasteiger charge is -1.94. The predicted molar refractivity (Wildman–Crippen MR) is 24.7 cm³/mol. The molecule has 0 aliphatic carbocycles. The molecule has 0 spiro atoms. The van der Waals surface area contributed by atoms with Crippen LogP contribution in [-0.2, 0) is 9.53 Å². The molecule has 1 aliphatic rings. The molecule has 2 unspecified atom stereocenters. The van der Waals surface area contributed by atoms with E-state index in [1.165, 1.54) is 0 Å². The predicted octanol–water partition coefficient (Wildman–Crippen LogP) is -1.42. The number of hydrogen-bond donors (Lipinski definition) is 2. The van der Waals surface area contributed by atoms with Crippen LogP contribution in [0.1, 0.15) is 6.42 Å². The number of rotatable bonds is 0. The summed E-state index contributed by atoms with van der Waals surface area (Å²) < 4.78 is 4.27. The van der Waals surface area contributed by atoms with Crippen molar-refractivity contribution >= 4 is 5.97 Å². The summed E-state index contributed by atoms with van der Waals surface area (Å²) in [6.07, 6.45) is -0.753. The van der Waals surface area contributed by atoms with Crippen molar-refractivity contribution < 1.29 is 14.6 Å². The minimum Gasteiger partial charge on any atom is -0.435 e. The Morgan fingerprint density at radius 1 is 1.88 bits per heavy atom. The smallest absolute Gasteiger partial charge is 0.325 e. The Labute approximate surface area is 46.2 Å². The zero-order valence-electron chi connectivity index (χ0n) is 4.20. The summed E-state index contributed by atoms with van der Waals surface area (Å²) in [7, 11) is 0. The number of carbonyl (C=O) groups excluding carboxylic acids is 1. The summed E-state index contributed by atoms with van der Waals surface area (Å²) in [5.74, 6) is -0.516. The van der Waals surface area contributed by atoms with Gasteiger partial charge in [-0.15, -0.1) is 0 Å². The average Bonchev–Trinajstić information content (AvgIpc) is 1.85. The maximum Gasteiger partial charge on any atom is 0.325 e. The Bertz CT molecular complexity index is 114. The van der Waals surface area contributed by atoms with Gasteiger partial charge in [0.2, 0.25) is 6.29 Å². The molecule has 3 N–H and O–H groups in total. The van der Waals surface area contributed by atoms with E-state index >= 15 is 0 Å². The first-order valence-electron chi connectivity index (χ1n) is 2.34. The highest BCUT2D eigenvalue weighted by molar-refractivity contribution is 5.77. The lowest BCUT2D eigenvalue weighted by atomic mass is 10.3. The molecule has 0 aromatic carbocycles. The van der Waals surface area contributed by atoms with Crippen LogP contribution >= 0.6 is 0 Å². The van der Waals surface area contributed by atoms with Crippen LogP contribution in [0.3, 0.4) is 0 Å². The molecule has 4 nitrogen and oxygen atoms in total. The van der Waals surface area contributed by atoms with Crippen LogP contribution in [0, 0.1) is 0 Å². The molecule has 0 aromatic heterocycles. The van der Waals surface area contributed by atoms with Crippen molar-refractivity contribution in [1.82, 2.24) is 0 Å². The summed E-state index contributed by atoms with van der Waals surface area (Å²) >= 11 is 0. The van der Waals surface area contributed by atoms with E-state index in [2.05, 4.69) is 4.74 Å². The van der Waals surface area contributed by atoms with Gasteiger partial charge in [-0.25, -0.2) is 0 Å². The largest absolute Gasteiger partial charge is 0.435 e. The molecule has 46 valence electrons. The SMILES string of the molecule is NC1CC(O)OC1=O. The number of cyclic esters (lactones) is 1. The van der Waals surface area contributed by atoms with E-state index in [9.17, 15) is 4.79 Å². The molecule has 0 radical (unpaired) electrons. The average molecular weight is 117 g/mol. The van der Waals surface area contributed by atoms with Gasteiger partial charge in [-0.2, -0.15) is 0 Å². The maximum atomic E-state index is 10.3. The maximum absolute atomic E-state index is 10.3. The van der Waals surface area contributed by atoms with Crippen molar-refractivity contribution in [3.8, 4) is 0 Å². The molecule has 1 saturated heterocycles. The molecule has 1 fully saturated rings. The van der Waals surface area contributed by atoms with Crippen LogP contribution in [0.25, 0.3) is 0 Å². The summed E-state index contributed by atoms with van der Waals surface area (Å²) in [5, 5.41) is 8.55. The fourth-order valence-electron chi connectivity index (χ4n) is 0.583. The van der Waals surface area contributed by atoms with E-state index in [1.54, 1.807) is 0 Å². The summed E-state index contributed by atoms with van der Waals surface area (Å²) in [5.41, 5.74) is 5.13. The fourth-order valence-corrected chi connectivity index (χ4v) is 0.583. The van der Waals surface area contributed by atoms with E-state index in [1.807, 2.05) is 0 Å². The van der Waals surface area contributed by atoms with Gasteiger partial charge in [-0.05, 0) is 0 Å². The van der Waals surface area contributed by atoms with Crippen molar-refractivity contribution in [2.24, 2.45) is 5.73 Å². The summed E-state index contributed by atoms with van der Waals surface area (Å²) in [6, 6.07) is -0.620. The molecule has 8 heavy (non-hydrogen) atoms. The van der Waals surface area contributed by atoms with Crippen LogP contribution in [-0.4, -0.2) is 23.4 Å². The Balaban J connectivity index is 2.51. The standard InChI is InChI=1S/C4H7NO3/c5-2-1-3(6)8-4(2)7/h2-3,6H,1,5H2. The molecular weight excluding hydrogens is 110 g/mol. The monoisotopic (exact) mass is 117 g/mol. The first kappa shape index (κ1) is 5.53. The molecule has 0 bridgehead atoms. The molecule has 2 atom stereocenters. The van der Waals surface area contributed by atoms with E-state index in [4.69, 9.17) is 10.8 Å².